The molecule has 0 aliphatic carbocycles. The van der Waals surface area contributed by atoms with E-state index in [9.17, 15) is 18.0 Å². The lowest BCUT2D eigenvalue weighted by Gasteiger charge is -2.43. The van der Waals surface area contributed by atoms with Crippen molar-refractivity contribution in [1.29, 1.82) is 0 Å². The molecule has 0 aromatic carbocycles. The van der Waals surface area contributed by atoms with Gasteiger partial charge in [-0.1, -0.05) is 47.6 Å². The first-order valence-electron chi connectivity index (χ1n) is 14.2. The first-order chi connectivity index (χ1) is 18.9. The van der Waals surface area contributed by atoms with Crippen LogP contribution in [0.5, 0.6) is 0 Å². The number of hydrogen-bond donors (Lipinski definition) is 1. The van der Waals surface area contributed by atoms with Gasteiger partial charge in [-0.3, -0.25) is 13.9 Å². The second kappa shape index (κ2) is 11.0. The third kappa shape index (κ3) is 5.71. The zero-order chi connectivity index (χ0) is 32.4. The molecule has 1 fully saturated rings. The molecule has 42 heavy (non-hydrogen) atoms. The standard InChI is InChI=1S/C28H49N3O8SSi2/c1-14-15-19-21(29)28(39-40(19,34)35)20(17-36-41(10,11)26(3,4)5)37-24(22(28)38-42(12,13)27(6,7)8)31-16-18(2)23(32)30(9)25(31)33/h14,16,20,22,24H,1,15,17,29H2,2-13H3. The molecule has 0 saturated carbocycles. The SMILES string of the molecule is C=CCC1=C(N)C2(OS1(=O)=O)C(CO[Si](C)(C)C(C)(C)C)OC(n1cc(C)c(=O)n(C)c1=O)C2O[Si](C)(C)C(C)(C)C. The Kier molecular flexibility index (Phi) is 9.05. The fraction of sp³-hybridized carbons (Fsp3) is 0.714. The van der Waals surface area contributed by atoms with Crippen molar-refractivity contribution < 1.29 is 26.2 Å². The van der Waals surface area contributed by atoms with Gasteiger partial charge in [-0.05, 0) is 43.2 Å². The first kappa shape index (κ1) is 34.7. The van der Waals surface area contributed by atoms with Gasteiger partial charge in [0.15, 0.2) is 28.5 Å². The van der Waals surface area contributed by atoms with Crippen LogP contribution in [-0.2, 0) is 34.9 Å². The molecule has 3 heterocycles. The predicted molar refractivity (Wildman–Crippen MR) is 169 cm³/mol. The van der Waals surface area contributed by atoms with Gasteiger partial charge in [-0.25, -0.2) is 8.98 Å². The van der Waals surface area contributed by atoms with Crippen molar-refractivity contribution in [2.24, 2.45) is 12.8 Å². The zero-order valence-electron chi connectivity index (χ0n) is 27.2. The van der Waals surface area contributed by atoms with Crippen LogP contribution in [0, 0.1) is 6.92 Å². The predicted octanol–water partition coefficient (Wildman–Crippen LogP) is 4.01. The molecule has 1 aromatic rings. The summed E-state index contributed by atoms with van der Waals surface area (Å²) in [5, 5.41) is -0.461. The van der Waals surface area contributed by atoms with Crippen LogP contribution in [0.2, 0.25) is 36.3 Å². The number of allylic oxidation sites excluding steroid dienone is 2. The van der Waals surface area contributed by atoms with E-state index in [1.807, 2.05) is 33.9 Å². The Labute approximate surface area is 252 Å². The number of rotatable bonds is 8. The van der Waals surface area contributed by atoms with Gasteiger partial charge in [0, 0.05) is 25.2 Å². The minimum Gasteiger partial charge on any atom is -0.414 e. The summed E-state index contributed by atoms with van der Waals surface area (Å²) in [5.41, 5.74) is 4.10. The molecular formula is C28H49N3O8SSi2. The number of nitrogens with zero attached hydrogens (tertiary/aromatic N) is 2. The summed E-state index contributed by atoms with van der Waals surface area (Å²) < 4.78 is 55.5. The van der Waals surface area contributed by atoms with Gasteiger partial charge in [0.2, 0.25) is 0 Å². The van der Waals surface area contributed by atoms with Gasteiger partial charge in [0.05, 0.1) is 17.2 Å². The lowest BCUT2D eigenvalue weighted by Crippen LogP contribution is -2.59. The van der Waals surface area contributed by atoms with E-state index in [1.54, 1.807) is 6.92 Å². The molecule has 2 N–H and O–H groups in total. The van der Waals surface area contributed by atoms with Crippen LogP contribution in [0.1, 0.15) is 59.8 Å². The topological polar surface area (TPSA) is 141 Å². The smallest absolute Gasteiger partial charge is 0.332 e. The van der Waals surface area contributed by atoms with Gasteiger partial charge < -0.3 is 19.3 Å². The van der Waals surface area contributed by atoms with Crippen LogP contribution in [0.15, 0.2) is 39.0 Å². The molecule has 4 atom stereocenters. The van der Waals surface area contributed by atoms with Crippen LogP contribution >= 0.6 is 0 Å². The molecule has 1 spiro atoms. The Bertz CT molecular complexity index is 1500. The molecule has 1 saturated heterocycles. The van der Waals surface area contributed by atoms with Crippen molar-refractivity contribution in [3.63, 3.8) is 0 Å². The third-order valence-corrected chi connectivity index (χ3v) is 19.9. The largest absolute Gasteiger partial charge is 0.414 e. The average molecular weight is 644 g/mol. The molecule has 0 bridgehead atoms. The van der Waals surface area contributed by atoms with Crippen LogP contribution in [-0.4, -0.2) is 58.6 Å². The maximum absolute atomic E-state index is 13.5. The molecule has 4 unspecified atom stereocenters. The van der Waals surface area contributed by atoms with E-state index in [-0.39, 0.29) is 33.7 Å². The van der Waals surface area contributed by atoms with Crippen molar-refractivity contribution in [2.45, 2.75) is 115 Å². The summed E-state index contributed by atoms with van der Waals surface area (Å²) in [4.78, 5) is 26.0. The molecular weight excluding hydrogens is 595 g/mol. The average Bonchev–Trinajstić information content (AvgIpc) is 3.23. The Morgan fingerprint density at radius 3 is 2.14 bits per heavy atom. The van der Waals surface area contributed by atoms with Crippen LogP contribution in [0.3, 0.4) is 0 Å². The van der Waals surface area contributed by atoms with E-state index in [4.69, 9.17) is 23.5 Å². The van der Waals surface area contributed by atoms with Gasteiger partial charge in [-0.15, -0.1) is 6.58 Å². The number of nitrogens with two attached hydrogens (primary N) is 1. The minimum atomic E-state index is -4.32. The second-order valence-corrected chi connectivity index (χ2v) is 25.5. The molecule has 3 rings (SSSR count). The minimum absolute atomic E-state index is 0.0490. The quantitative estimate of drug-likeness (QED) is 0.253. The van der Waals surface area contributed by atoms with Gasteiger partial charge in [0.1, 0.15) is 12.2 Å². The van der Waals surface area contributed by atoms with Crippen molar-refractivity contribution in [3.05, 3.63) is 55.9 Å². The summed E-state index contributed by atoms with van der Waals surface area (Å²) in [6, 6.07) is 0. The molecule has 11 nitrogen and oxygen atoms in total. The zero-order valence-corrected chi connectivity index (χ0v) is 30.0. The Morgan fingerprint density at radius 2 is 1.64 bits per heavy atom. The molecule has 2 aliphatic rings. The van der Waals surface area contributed by atoms with Crippen LogP contribution in [0.4, 0.5) is 0 Å². The van der Waals surface area contributed by atoms with Gasteiger partial charge in [-0.2, -0.15) is 8.42 Å². The Hall–Kier alpha value is -1.82. The summed E-state index contributed by atoms with van der Waals surface area (Å²) in [6.07, 6.45) is -0.604. The van der Waals surface area contributed by atoms with Gasteiger partial charge >= 0.3 is 5.69 Å². The van der Waals surface area contributed by atoms with Crippen LogP contribution in [0.25, 0.3) is 0 Å². The second-order valence-electron chi connectivity index (χ2n) is 14.4. The summed E-state index contributed by atoms with van der Waals surface area (Å²) in [7, 11) is -8.00. The van der Waals surface area contributed by atoms with Crippen LogP contribution < -0.4 is 17.0 Å². The lowest BCUT2D eigenvalue weighted by molar-refractivity contribution is -0.0566. The highest BCUT2D eigenvalue weighted by molar-refractivity contribution is 7.91. The molecule has 1 aromatic heterocycles. The van der Waals surface area contributed by atoms with E-state index in [2.05, 4.69) is 40.4 Å². The van der Waals surface area contributed by atoms with E-state index in [0.29, 0.717) is 5.56 Å². The number of hydrogen-bond acceptors (Lipinski definition) is 9. The summed E-state index contributed by atoms with van der Waals surface area (Å²) in [6.45, 7) is 25.8. The fourth-order valence-corrected chi connectivity index (χ4v) is 8.46. The summed E-state index contributed by atoms with van der Waals surface area (Å²) >= 11 is 0. The number of aromatic nitrogens is 2. The lowest BCUT2D eigenvalue weighted by atomic mass is 9.88. The molecule has 2 aliphatic heterocycles. The number of ether oxygens (including phenoxy) is 1. The maximum Gasteiger partial charge on any atom is 0.332 e. The maximum atomic E-state index is 13.5. The highest BCUT2D eigenvalue weighted by atomic mass is 32.2. The molecule has 0 radical (unpaired) electrons. The monoisotopic (exact) mass is 643 g/mol. The molecule has 238 valence electrons. The fourth-order valence-electron chi connectivity index (χ4n) is 4.68. The highest BCUT2D eigenvalue weighted by Gasteiger charge is 2.68. The third-order valence-electron chi connectivity index (χ3n) is 9.45. The summed E-state index contributed by atoms with van der Waals surface area (Å²) in [5.74, 6) is 0. The molecule has 0 amide bonds. The van der Waals surface area contributed by atoms with E-state index < -0.39 is 62.0 Å². The first-order valence-corrected chi connectivity index (χ1v) is 21.4. The van der Waals surface area contributed by atoms with Gasteiger partial charge in [0.25, 0.3) is 15.7 Å². The van der Waals surface area contributed by atoms with E-state index in [0.717, 1.165) is 4.57 Å². The van der Waals surface area contributed by atoms with Crippen molar-refractivity contribution in [2.75, 3.05) is 6.61 Å². The van der Waals surface area contributed by atoms with Crippen molar-refractivity contribution >= 4 is 26.8 Å². The highest BCUT2D eigenvalue weighted by Crippen LogP contribution is 2.54. The Morgan fingerprint density at radius 1 is 1.10 bits per heavy atom. The molecule has 14 heteroatoms. The van der Waals surface area contributed by atoms with E-state index >= 15 is 0 Å². The normalized spacial score (nSPS) is 26.8. The van der Waals surface area contributed by atoms with Crippen molar-refractivity contribution in [3.8, 4) is 0 Å². The van der Waals surface area contributed by atoms with Crippen molar-refractivity contribution in [1.82, 2.24) is 9.13 Å². The Balaban J connectivity index is 2.37. The van der Waals surface area contributed by atoms with E-state index in [1.165, 1.54) is 23.9 Å². The number of aryl methyl sites for hydroxylation is 1.